The molecule has 4 aliphatic rings. The smallest absolute Gasteiger partial charge is 0.303 e. The average Bonchev–Trinajstić information content (AvgIpc) is 2.96. The molecule has 0 aromatic carbocycles. The van der Waals surface area contributed by atoms with Crippen molar-refractivity contribution in [2.45, 2.75) is 90.4 Å². The van der Waals surface area contributed by atoms with Gasteiger partial charge >= 0.3 is 11.9 Å². The van der Waals surface area contributed by atoms with Crippen molar-refractivity contribution in [3.63, 3.8) is 0 Å². The van der Waals surface area contributed by atoms with Crippen molar-refractivity contribution in [2.75, 3.05) is 6.61 Å². The molecule has 0 bridgehead atoms. The fourth-order valence-corrected chi connectivity index (χ4v) is 7.92. The molecule has 2 N–H and O–H groups in total. The van der Waals surface area contributed by atoms with Crippen LogP contribution in [0.4, 0.5) is 0 Å². The van der Waals surface area contributed by atoms with Gasteiger partial charge in [0.05, 0.1) is 6.10 Å². The van der Waals surface area contributed by atoms with Crippen molar-refractivity contribution in [1.82, 2.24) is 0 Å². The van der Waals surface area contributed by atoms with Gasteiger partial charge in [0.15, 0.2) is 11.9 Å². The number of hydrogen-bond donors (Lipinski definition) is 2. The quantitative estimate of drug-likeness (QED) is 0.636. The zero-order valence-electron chi connectivity index (χ0n) is 19.6. The molecule has 0 aliphatic heterocycles. The molecule has 4 rings (SSSR count). The third-order valence-electron chi connectivity index (χ3n) is 9.39. The molecular weight excluding hydrogens is 412 g/mol. The molecule has 0 spiro atoms. The van der Waals surface area contributed by atoms with Crippen molar-refractivity contribution in [3.05, 3.63) is 11.6 Å². The lowest BCUT2D eigenvalue weighted by atomic mass is 9.45. The highest BCUT2D eigenvalue weighted by molar-refractivity contribution is 5.91. The molecule has 178 valence electrons. The van der Waals surface area contributed by atoms with E-state index in [2.05, 4.69) is 6.92 Å². The lowest BCUT2D eigenvalue weighted by Gasteiger charge is -2.61. The molecule has 32 heavy (non-hydrogen) atoms. The monoisotopic (exact) mass is 448 g/mol. The lowest BCUT2D eigenvalue weighted by Crippen LogP contribution is -2.63. The summed E-state index contributed by atoms with van der Waals surface area (Å²) in [5, 5.41) is 23.5. The number of esters is 2. The normalized spacial score (nSPS) is 43.9. The van der Waals surface area contributed by atoms with Crippen LogP contribution in [0.2, 0.25) is 0 Å². The Labute approximate surface area is 189 Å². The van der Waals surface area contributed by atoms with Gasteiger partial charge in [0, 0.05) is 25.7 Å². The molecule has 0 aromatic rings. The van der Waals surface area contributed by atoms with Crippen LogP contribution in [0.25, 0.3) is 0 Å². The molecule has 0 radical (unpaired) electrons. The van der Waals surface area contributed by atoms with E-state index in [0.29, 0.717) is 19.3 Å². The topological polar surface area (TPSA) is 110 Å². The highest BCUT2D eigenvalue weighted by Crippen LogP contribution is 2.68. The standard InChI is InChI=1S/C25H36O7/c1-14(26)31-13-21(32-15(2)27)25(30)10-8-19-18-6-5-16-11-17(28)7-9-23(16,3)22(18)20(29)12-24(19,25)4/h11,18-22,29-30H,5-10,12-13H2,1-4H3/t18-,19+,20-,21+,22+,23-,24-,25-/m0/s1. The Morgan fingerprint density at radius 2 is 1.88 bits per heavy atom. The molecule has 0 amide bonds. The van der Waals surface area contributed by atoms with Crippen LogP contribution >= 0.6 is 0 Å². The van der Waals surface area contributed by atoms with E-state index in [1.165, 1.54) is 19.4 Å². The van der Waals surface area contributed by atoms with Crippen molar-refractivity contribution in [3.8, 4) is 0 Å². The van der Waals surface area contributed by atoms with Crippen LogP contribution in [0.1, 0.15) is 72.6 Å². The van der Waals surface area contributed by atoms with E-state index in [4.69, 9.17) is 9.47 Å². The average molecular weight is 449 g/mol. The first-order chi connectivity index (χ1) is 14.9. The summed E-state index contributed by atoms with van der Waals surface area (Å²) in [6, 6.07) is 0. The second kappa shape index (κ2) is 7.94. The third kappa shape index (κ3) is 3.43. The summed E-state index contributed by atoms with van der Waals surface area (Å²) in [6.07, 6.45) is 4.71. The maximum atomic E-state index is 12.0. The van der Waals surface area contributed by atoms with Gasteiger partial charge in [-0.3, -0.25) is 14.4 Å². The SMILES string of the molecule is CC(=O)OC[C@@H](OC(C)=O)[C@@]1(O)CC[C@@H]2[C@@H]3CCC4=CC(=O)CC[C@]4(C)[C@H]3[C@@H](O)C[C@@]21C. The van der Waals surface area contributed by atoms with Crippen LogP contribution < -0.4 is 0 Å². The van der Waals surface area contributed by atoms with Crippen LogP contribution in [0.3, 0.4) is 0 Å². The molecule has 0 heterocycles. The molecule has 0 saturated heterocycles. The molecule has 7 nitrogen and oxygen atoms in total. The van der Waals surface area contributed by atoms with Gasteiger partial charge in [-0.1, -0.05) is 19.4 Å². The van der Waals surface area contributed by atoms with E-state index < -0.39 is 35.2 Å². The number of fused-ring (bicyclic) bond motifs is 5. The Morgan fingerprint density at radius 3 is 2.53 bits per heavy atom. The predicted octanol–water partition coefficient (Wildman–Crippen LogP) is 2.72. The largest absolute Gasteiger partial charge is 0.462 e. The number of allylic oxidation sites excluding steroid dienone is 1. The minimum atomic E-state index is -1.40. The van der Waals surface area contributed by atoms with Gasteiger partial charge in [0.2, 0.25) is 0 Å². The maximum Gasteiger partial charge on any atom is 0.303 e. The zero-order chi connectivity index (χ0) is 23.5. The van der Waals surface area contributed by atoms with E-state index in [9.17, 15) is 24.6 Å². The lowest BCUT2D eigenvalue weighted by molar-refractivity contribution is -0.220. The first-order valence-corrected chi connectivity index (χ1v) is 11.9. The number of ether oxygens (including phenoxy) is 2. The predicted molar refractivity (Wildman–Crippen MR) is 115 cm³/mol. The molecular formula is C25H36O7. The molecule has 8 atom stereocenters. The maximum absolute atomic E-state index is 12.0. The Balaban J connectivity index is 1.67. The highest BCUT2D eigenvalue weighted by Gasteiger charge is 2.68. The van der Waals surface area contributed by atoms with Crippen LogP contribution in [-0.4, -0.2) is 52.4 Å². The first kappa shape index (κ1) is 23.4. The van der Waals surface area contributed by atoms with Gasteiger partial charge in [-0.25, -0.2) is 0 Å². The number of carbonyl (C=O) groups is 3. The summed E-state index contributed by atoms with van der Waals surface area (Å²) in [5.41, 5.74) is -1.12. The van der Waals surface area contributed by atoms with Crippen molar-refractivity contribution in [2.24, 2.45) is 28.6 Å². The van der Waals surface area contributed by atoms with Gasteiger partial charge in [0.1, 0.15) is 12.2 Å². The van der Waals surface area contributed by atoms with Gasteiger partial charge in [-0.05, 0) is 67.8 Å². The molecule has 3 saturated carbocycles. The summed E-state index contributed by atoms with van der Waals surface area (Å²) < 4.78 is 10.7. The van der Waals surface area contributed by atoms with E-state index in [0.717, 1.165) is 25.7 Å². The molecule has 0 aromatic heterocycles. The Bertz CT molecular complexity index is 849. The van der Waals surface area contributed by atoms with Gasteiger partial charge in [-0.2, -0.15) is 0 Å². The third-order valence-corrected chi connectivity index (χ3v) is 9.39. The summed E-state index contributed by atoms with van der Waals surface area (Å²) in [4.78, 5) is 35.3. The number of ketones is 1. The number of rotatable bonds is 4. The fraction of sp³-hybridized carbons (Fsp3) is 0.800. The molecule has 7 heteroatoms. The highest BCUT2D eigenvalue weighted by atomic mass is 16.6. The first-order valence-electron chi connectivity index (χ1n) is 11.9. The minimum absolute atomic E-state index is 0.0386. The Morgan fingerprint density at radius 1 is 1.16 bits per heavy atom. The molecule has 4 aliphatic carbocycles. The summed E-state index contributed by atoms with van der Waals surface area (Å²) in [5.74, 6) is -0.468. The summed E-state index contributed by atoms with van der Waals surface area (Å²) in [6.45, 7) is 6.55. The fourth-order valence-electron chi connectivity index (χ4n) is 7.92. The van der Waals surface area contributed by atoms with Gasteiger partial charge in [0.25, 0.3) is 0 Å². The van der Waals surface area contributed by atoms with Crippen molar-refractivity contribution < 1.29 is 34.1 Å². The van der Waals surface area contributed by atoms with Crippen LogP contribution in [-0.2, 0) is 23.9 Å². The van der Waals surface area contributed by atoms with Gasteiger partial charge in [-0.15, -0.1) is 0 Å². The second-order valence-electron chi connectivity index (χ2n) is 10.9. The van der Waals surface area contributed by atoms with Crippen molar-refractivity contribution >= 4 is 17.7 Å². The minimum Gasteiger partial charge on any atom is -0.462 e. The number of hydrogen-bond acceptors (Lipinski definition) is 7. The summed E-state index contributed by atoms with van der Waals surface area (Å²) >= 11 is 0. The number of aliphatic hydroxyl groups is 2. The van der Waals surface area contributed by atoms with E-state index in [-0.39, 0.29) is 35.6 Å². The molecule has 0 unspecified atom stereocenters. The van der Waals surface area contributed by atoms with E-state index in [1.54, 1.807) is 6.08 Å². The van der Waals surface area contributed by atoms with Gasteiger partial charge < -0.3 is 19.7 Å². The second-order valence-corrected chi connectivity index (χ2v) is 10.9. The number of carbonyl (C=O) groups excluding carboxylic acids is 3. The summed E-state index contributed by atoms with van der Waals surface area (Å²) in [7, 11) is 0. The Hall–Kier alpha value is -1.73. The van der Waals surface area contributed by atoms with E-state index in [1.807, 2.05) is 6.92 Å². The van der Waals surface area contributed by atoms with Crippen LogP contribution in [0, 0.1) is 28.6 Å². The zero-order valence-corrected chi connectivity index (χ0v) is 19.6. The van der Waals surface area contributed by atoms with Crippen LogP contribution in [0.5, 0.6) is 0 Å². The number of aliphatic hydroxyl groups excluding tert-OH is 1. The Kier molecular flexibility index (Phi) is 5.82. The van der Waals surface area contributed by atoms with Crippen molar-refractivity contribution in [1.29, 1.82) is 0 Å². The molecule has 3 fully saturated rings. The van der Waals surface area contributed by atoms with Crippen LogP contribution in [0.15, 0.2) is 11.6 Å². The van der Waals surface area contributed by atoms with E-state index >= 15 is 0 Å².